The predicted octanol–water partition coefficient (Wildman–Crippen LogP) is 2.60. The van der Waals surface area contributed by atoms with Crippen LogP contribution in [0.1, 0.15) is 32.8 Å². The van der Waals surface area contributed by atoms with Gasteiger partial charge in [0.05, 0.1) is 19.6 Å². The Balaban J connectivity index is 0.00000288. The Bertz CT molecular complexity index is 577. The third kappa shape index (κ3) is 3.78. The van der Waals surface area contributed by atoms with E-state index in [1.165, 1.54) is 0 Å². The number of ether oxygens (including phenoxy) is 2. The molecule has 1 aliphatic heterocycles. The second-order valence-electron chi connectivity index (χ2n) is 6.84. The van der Waals surface area contributed by atoms with Crippen molar-refractivity contribution in [1.29, 1.82) is 0 Å². The van der Waals surface area contributed by atoms with Crippen molar-refractivity contribution in [2.24, 2.45) is 11.7 Å². The zero-order valence-electron chi connectivity index (χ0n) is 15.2. The highest BCUT2D eigenvalue weighted by atomic mass is 35.5. The van der Waals surface area contributed by atoms with Crippen LogP contribution < -0.4 is 15.2 Å². The molecule has 136 valence electrons. The lowest BCUT2D eigenvalue weighted by Gasteiger charge is -2.32. The van der Waals surface area contributed by atoms with E-state index in [9.17, 15) is 4.79 Å². The minimum atomic E-state index is -0.628. The van der Waals surface area contributed by atoms with Gasteiger partial charge in [0.15, 0.2) is 11.5 Å². The summed E-state index contributed by atoms with van der Waals surface area (Å²) in [7, 11) is 3.21. The third-order valence-corrected chi connectivity index (χ3v) is 4.90. The highest BCUT2D eigenvalue weighted by Crippen LogP contribution is 2.36. The Kier molecular flexibility index (Phi) is 6.93. The smallest absolute Gasteiger partial charge is 0.232 e. The summed E-state index contributed by atoms with van der Waals surface area (Å²) in [5.41, 5.74) is 6.07. The maximum Gasteiger partial charge on any atom is 0.232 e. The van der Waals surface area contributed by atoms with Crippen molar-refractivity contribution in [2.75, 3.05) is 27.3 Å². The van der Waals surface area contributed by atoms with Crippen LogP contribution >= 0.6 is 12.4 Å². The van der Waals surface area contributed by atoms with Crippen LogP contribution in [0.15, 0.2) is 18.2 Å². The molecule has 1 aromatic rings. The van der Waals surface area contributed by atoms with Crippen LogP contribution in [0.4, 0.5) is 0 Å². The maximum absolute atomic E-state index is 13.1. The molecule has 6 heteroatoms. The van der Waals surface area contributed by atoms with Gasteiger partial charge in [-0.2, -0.15) is 0 Å². The van der Waals surface area contributed by atoms with Gasteiger partial charge in [-0.25, -0.2) is 0 Å². The Hall–Kier alpha value is -1.46. The quantitative estimate of drug-likeness (QED) is 0.880. The third-order valence-electron chi connectivity index (χ3n) is 4.90. The molecule has 2 N–H and O–H groups in total. The first-order chi connectivity index (χ1) is 10.8. The average molecular weight is 357 g/mol. The van der Waals surface area contributed by atoms with Gasteiger partial charge in [-0.15, -0.1) is 12.4 Å². The molecular formula is C18H29ClN2O3. The van der Waals surface area contributed by atoms with Gasteiger partial charge in [-0.1, -0.05) is 6.07 Å². The van der Waals surface area contributed by atoms with Crippen molar-refractivity contribution in [3.05, 3.63) is 23.8 Å². The van der Waals surface area contributed by atoms with Gasteiger partial charge >= 0.3 is 0 Å². The van der Waals surface area contributed by atoms with E-state index >= 15 is 0 Å². The summed E-state index contributed by atoms with van der Waals surface area (Å²) in [6.07, 6.45) is 0.976. The SMILES string of the molecule is COc1ccc(C(C)(C)C(=O)N2CC(CN)CC2C)cc1OC.Cl. The number of amides is 1. The van der Waals surface area contributed by atoms with E-state index in [4.69, 9.17) is 15.2 Å². The molecule has 0 aromatic heterocycles. The first-order valence-electron chi connectivity index (χ1n) is 8.08. The predicted molar refractivity (Wildman–Crippen MR) is 98.2 cm³/mol. The molecule has 0 bridgehead atoms. The van der Waals surface area contributed by atoms with Gasteiger partial charge in [0.25, 0.3) is 0 Å². The van der Waals surface area contributed by atoms with Crippen molar-refractivity contribution in [1.82, 2.24) is 4.90 Å². The van der Waals surface area contributed by atoms with Crippen LogP contribution in [0.5, 0.6) is 11.5 Å². The van der Waals surface area contributed by atoms with E-state index in [1.807, 2.05) is 36.9 Å². The number of carbonyl (C=O) groups excluding carboxylic acids is 1. The van der Waals surface area contributed by atoms with Crippen molar-refractivity contribution in [3.8, 4) is 11.5 Å². The first kappa shape index (κ1) is 20.6. The van der Waals surface area contributed by atoms with Gasteiger partial charge < -0.3 is 20.1 Å². The van der Waals surface area contributed by atoms with Gasteiger partial charge in [-0.05, 0) is 57.4 Å². The molecule has 1 saturated heterocycles. The fraction of sp³-hybridized carbons (Fsp3) is 0.611. The number of nitrogens with zero attached hydrogens (tertiary/aromatic N) is 1. The average Bonchev–Trinajstić information content (AvgIpc) is 2.94. The normalized spacial score (nSPS) is 20.5. The van der Waals surface area contributed by atoms with Crippen molar-refractivity contribution in [3.63, 3.8) is 0 Å². The molecule has 2 atom stereocenters. The summed E-state index contributed by atoms with van der Waals surface area (Å²) in [5.74, 6) is 1.83. The number of hydrogen-bond donors (Lipinski definition) is 1. The first-order valence-corrected chi connectivity index (χ1v) is 8.08. The minimum absolute atomic E-state index is 0. The Labute approximate surface area is 150 Å². The highest BCUT2D eigenvalue weighted by Gasteiger charge is 2.40. The number of benzene rings is 1. The van der Waals surface area contributed by atoms with E-state index in [-0.39, 0.29) is 24.4 Å². The largest absolute Gasteiger partial charge is 0.493 e. The van der Waals surface area contributed by atoms with Crippen LogP contribution in [0, 0.1) is 5.92 Å². The second kappa shape index (κ2) is 8.08. The fourth-order valence-electron chi connectivity index (χ4n) is 3.30. The summed E-state index contributed by atoms with van der Waals surface area (Å²) >= 11 is 0. The second-order valence-corrected chi connectivity index (χ2v) is 6.84. The summed E-state index contributed by atoms with van der Waals surface area (Å²) in [5, 5.41) is 0. The summed E-state index contributed by atoms with van der Waals surface area (Å²) in [6.45, 7) is 7.38. The Morgan fingerprint density at radius 1 is 1.29 bits per heavy atom. The zero-order chi connectivity index (χ0) is 17.2. The van der Waals surface area contributed by atoms with E-state index in [2.05, 4.69) is 6.92 Å². The van der Waals surface area contributed by atoms with E-state index in [1.54, 1.807) is 14.2 Å². The maximum atomic E-state index is 13.1. The number of hydrogen-bond acceptors (Lipinski definition) is 4. The van der Waals surface area contributed by atoms with Crippen molar-refractivity contribution >= 4 is 18.3 Å². The number of halogens is 1. The molecule has 1 heterocycles. The molecule has 0 spiro atoms. The van der Waals surface area contributed by atoms with Crippen LogP contribution in [-0.2, 0) is 10.2 Å². The number of carbonyl (C=O) groups is 1. The zero-order valence-corrected chi connectivity index (χ0v) is 16.0. The molecule has 0 radical (unpaired) electrons. The lowest BCUT2D eigenvalue weighted by atomic mass is 9.82. The van der Waals surface area contributed by atoms with Crippen molar-refractivity contribution < 1.29 is 14.3 Å². The lowest BCUT2D eigenvalue weighted by Crippen LogP contribution is -2.45. The highest BCUT2D eigenvalue weighted by molar-refractivity contribution is 5.88. The number of likely N-dealkylation sites (tertiary alicyclic amines) is 1. The molecule has 2 rings (SSSR count). The number of nitrogens with two attached hydrogens (primary N) is 1. The molecule has 0 saturated carbocycles. The standard InChI is InChI=1S/C18H28N2O3.ClH/c1-12-8-13(10-19)11-20(12)17(21)18(2,3)14-6-7-15(22-4)16(9-14)23-5;/h6-7,9,12-13H,8,10-11,19H2,1-5H3;1H. The minimum Gasteiger partial charge on any atom is -0.493 e. The number of rotatable bonds is 5. The number of methoxy groups -OCH3 is 2. The topological polar surface area (TPSA) is 64.8 Å². The molecule has 1 fully saturated rings. The van der Waals surface area contributed by atoms with E-state index in [0.29, 0.717) is 24.0 Å². The molecule has 5 nitrogen and oxygen atoms in total. The Morgan fingerprint density at radius 3 is 2.42 bits per heavy atom. The lowest BCUT2D eigenvalue weighted by molar-refractivity contribution is -0.136. The van der Waals surface area contributed by atoms with Crippen LogP contribution in [0.25, 0.3) is 0 Å². The molecule has 0 aliphatic carbocycles. The van der Waals surface area contributed by atoms with Crippen molar-refractivity contribution in [2.45, 2.75) is 38.6 Å². The molecular weight excluding hydrogens is 328 g/mol. The van der Waals surface area contributed by atoms with Crippen LogP contribution in [-0.4, -0.2) is 44.2 Å². The summed E-state index contributed by atoms with van der Waals surface area (Å²) in [6, 6.07) is 5.90. The van der Waals surface area contributed by atoms with Crippen LogP contribution in [0.2, 0.25) is 0 Å². The van der Waals surface area contributed by atoms with Gasteiger partial charge in [0.1, 0.15) is 0 Å². The van der Waals surface area contributed by atoms with Crippen LogP contribution in [0.3, 0.4) is 0 Å². The summed E-state index contributed by atoms with van der Waals surface area (Å²) < 4.78 is 10.6. The van der Waals surface area contributed by atoms with E-state index in [0.717, 1.165) is 18.5 Å². The molecule has 2 unspecified atom stereocenters. The van der Waals surface area contributed by atoms with Gasteiger partial charge in [0.2, 0.25) is 5.91 Å². The van der Waals surface area contributed by atoms with Gasteiger partial charge in [0, 0.05) is 12.6 Å². The molecule has 1 aliphatic rings. The van der Waals surface area contributed by atoms with Gasteiger partial charge in [-0.3, -0.25) is 4.79 Å². The monoisotopic (exact) mass is 356 g/mol. The fourth-order valence-corrected chi connectivity index (χ4v) is 3.30. The summed E-state index contributed by atoms with van der Waals surface area (Å²) in [4.78, 5) is 15.1. The molecule has 1 aromatic carbocycles. The molecule has 24 heavy (non-hydrogen) atoms. The Morgan fingerprint density at radius 2 is 1.92 bits per heavy atom. The van der Waals surface area contributed by atoms with E-state index < -0.39 is 5.41 Å². The molecule has 1 amide bonds.